The lowest BCUT2D eigenvalue weighted by atomic mass is 9.93. The van der Waals surface area contributed by atoms with Gasteiger partial charge in [-0.05, 0) is 59.7 Å². The number of amides is 1. The smallest absolute Gasteiger partial charge is 0.259 e. The number of carbonyl (C=O) groups is 2. The predicted octanol–water partition coefficient (Wildman–Crippen LogP) is 5.43. The van der Waals surface area contributed by atoms with Crippen LogP contribution < -0.4 is 5.32 Å². The number of anilines is 1. The van der Waals surface area contributed by atoms with E-state index < -0.39 is 17.5 Å². The molecule has 1 heterocycles. The molecule has 0 bridgehead atoms. The van der Waals surface area contributed by atoms with Crippen molar-refractivity contribution >= 4 is 35.1 Å². The fourth-order valence-electron chi connectivity index (χ4n) is 3.11. The molecule has 0 saturated heterocycles. The average Bonchev–Trinajstić information content (AvgIpc) is 2.75. The molecule has 0 aliphatic carbocycles. The van der Waals surface area contributed by atoms with Gasteiger partial charge in [-0.25, -0.2) is 8.78 Å². The number of nitrogens with one attached hydrogen (secondary N) is 1. The molecule has 3 nitrogen and oxygen atoms in total. The van der Waals surface area contributed by atoms with Gasteiger partial charge in [0.25, 0.3) is 5.91 Å². The van der Waals surface area contributed by atoms with Gasteiger partial charge in [-0.2, -0.15) is 0 Å². The van der Waals surface area contributed by atoms with E-state index >= 15 is 0 Å². The predicted molar refractivity (Wildman–Crippen MR) is 116 cm³/mol. The van der Waals surface area contributed by atoms with Crippen molar-refractivity contribution < 1.29 is 18.4 Å². The summed E-state index contributed by atoms with van der Waals surface area (Å²) in [5.74, 6) is 3.98. The number of hydrogen-bond donors (Lipinski definition) is 1. The molecule has 6 heteroatoms. The zero-order valence-electron chi connectivity index (χ0n) is 16.0. The maximum atomic E-state index is 13.7. The molecule has 0 spiro atoms. The van der Waals surface area contributed by atoms with Crippen LogP contribution in [0.5, 0.6) is 0 Å². The Bertz CT molecular complexity index is 1300. The first-order valence-corrected chi connectivity index (χ1v) is 9.69. The summed E-state index contributed by atoms with van der Waals surface area (Å²) >= 11 is 5.68. The quantitative estimate of drug-likeness (QED) is 0.333. The molecule has 3 aromatic carbocycles. The molecule has 1 aliphatic heterocycles. The molecule has 0 atom stereocenters. The lowest BCUT2D eigenvalue weighted by Gasteiger charge is -2.18. The topological polar surface area (TPSA) is 46.2 Å². The van der Waals surface area contributed by atoms with Crippen LogP contribution in [-0.4, -0.2) is 11.7 Å². The van der Waals surface area contributed by atoms with Crippen LogP contribution in [0.25, 0.3) is 6.08 Å². The first kappa shape index (κ1) is 20.5. The highest BCUT2D eigenvalue weighted by Gasteiger charge is 2.28. The number of fused-ring (bicyclic) bond motifs is 1. The SMILES string of the molecule is O=C1Nc2ccc(C#CCc3ccc(F)cc3)cc2C(=O)/C1=C/c1ccc(Cl)c(F)c1. The molecular formula is C25H14ClF2NO2. The van der Waals surface area contributed by atoms with Crippen LogP contribution in [0.2, 0.25) is 5.02 Å². The number of ketones is 1. The number of hydrogen-bond acceptors (Lipinski definition) is 2. The van der Waals surface area contributed by atoms with Gasteiger partial charge in [-0.15, -0.1) is 0 Å². The normalized spacial score (nSPS) is 14.0. The maximum Gasteiger partial charge on any atom is 0.259 e. The fourth-order valence-corrected chi connectivity index (χ4v) is 3.22. The van der Waals surface area contributed by atoms with Crippen molar-refractivity contribution in [2.75, 3.05) is 5.32 Å². The van der Waals surface area contributed by atoms with Crippen molar-refractivity contribution in [1.29, 1.82) is 0 Å². The standard InChI is InChI=1S/C25H14ClF2NO2/c26-21-10-6-17(14-22(21)28)13-20-24(30)19-12-16(7-11-23(19)29-25(20)31)3-1-2-15-4-8-18(27)9-5-15/h4-14H,2H2,(H,29,31)/b20-13-. The molecule has 1 aliphatic rings. The summed E-state index contributed by atoms with van der Waals surface area (Å²) in [6.07, 6.45) is 1.75. The maximum absolute atomic E-state index is 13.7. The van der Waals surface area contributed by atoms with Crippen molar-refractivity contribution in [2.24, 2.45) is 0 Å². The molecule has 4 rings (SSSR count). The van der Waals surface area contributed by atoms with Crippen LogP contribution in [0.4, 0.5) is 14.5 Å². The zero-order valence-corrected chi connectivity index (χ0v) is 16.8. The number of rotatable bonds is 2. The Morgan fingerprint density at radius 1 is 0.968 bits per heavy atom. The number of Topliss-reactive ketones (excluding diaryl/α,β-unsaturated/α-hetero) is 1. The van der Waals surface area contributed by atoms with E-state index in [0.29, 0.717) is 28.8 Å². The van der Waals surface area contributed by atoms with Crippen LogP contribution in [0.3, 0.4) is 0 Å². The Labute approximate surface area is 182 Å². The first-order valence-electron chi connectivity index (χ1n) is 9.31. The molecule has 0 saturated carbocycles. The van der Waals surface area contributed by atoms with Crippen LogP contribution in [0.1, 0.15) is 27.0 Å². The van der Waals surface area contributed by atoms with E-state index in [9.17, 15) is 18.4 Å². The Balaban J connectivity index is 1.60. The van der Waals surface area contributed by atoms with E-state index in [1.54, 1.807) is 30.3 Å². The molecule has 1 N–H and O–H groups in total. The minimum atomic E-state index is -0.640. The minimum Gasteiger partial charge on any atom is -0.321 e. The Morgan fingerprint density at radius 2 is 1.74 bits per heavy atom. The van der Waals surface area contributed by atoms with Crippen LogP contribution in [0.15, 0.2) is 66.2 Å². The minimum absolute atomic E-state index is 0.0456. The third-order valence-electron chi connectivity index (χ3n) is 4.69. The Morgan fingerprint density at radius 3 is 2.48 bits per heavy atom. The van der Waals surface area contributed by atoms with Gasteiger partial charge >= 0.3 is 0 Å². The van der Waals surface area contributed by atoms with Gasteiger partial charge in [0.2, 0.25) is 5.78 Å². The molecule has 31 heavy (non-hydrogen) atoms. The van der Waals surface area contributed by atoms with E-state index in [4.69, 9.17) is 11.6 Å². The van der Waals surface area contributed by atoms with E-state index in [0.717, 1.165) is 11.6 Å². The highest BCUT2D eigenvalue weighted by molar-refractivity contribution is 6.36. The second-order valence-electron chi connectivity index (χ2n) is 6.88. The molecule has 1 amide bonds. The van der Waals surface area contributed by atoms with Crippen LogP contribution in [0, 0.1) is 23.5 Å². The fraction of sp³-hybridized carbons (Fsp3) is 0.0400. The lowest BCUT2D eigenvalue weighted by Crippen LogP contribution is -2.27. The van der Waals surface area contributed by atoms with Gasteiger partial charge in [0.05, 0.1) is 16.3 Å². The Kier molecular flexibility index (Phi) is 5.66. The summed E-state index contributed by atoms with van der Waals surface area (Å²) in [5, 5.41) is 2.62. The van der Waals surface area contributed by atoms with Crippen molar-refractivity contribution in [3.8, 4) is 11.8 Å². The lowest BCUT2D eigenvalue weighted by molar-refractivity contribution is -0.112. The molecule has 0 fully saturated rings. The molecule has 0 radical (unpaired) electrons. The Hall–Kier alpha value is -3.75. The van der Waals surface area contributed by atoms with E-state index in [-0.39, 0.29) is 16.4 Å². The van der Waals surface area contributed by atoms with Crippen molar-refractivity contribution in [2.45, 2.75) is 6.42 Å². The summed E-state index contributed by atoms with van der Waals surface area (Å²) in [4.78, 5) is 25.3. The van der Waals surface area contributed by atoms with Gasteiger partial charge in [0, 0.05) is 17.5 Å². The second kappa shape index (κ2) is 8.55. The molecule has 0 aromatic heterocycles. The van der Waals surface area contributed by atoms with E-state index in [2.05, 4.69) is 17.2 Å². The summed E-state index contributed by atoms with van der Waals surface area (Å²) < 4.78 is 26.7. The van der Waals surface area contributed by atoms with Gasteiger partial charge in [-0.1, -0.05) is 41.6 Å². The number of carbonyl (C=O) groups excluding carboxylic acids is 2. The molecule has 3 aromatic rings. The zero-order chi connectivity index (χ0) is 22.0. The highest BCUT2D eigenvalue weighted by Crippen LogP contribution is 2.28. The largest absolute Gasteiger partial charge is 0.321 e. The average molecular weight is 434 g/mol. The molecule has 0 unspecified atom stereocenters. The molecular weight excluding hydrogens is 420 g/mol. The van der Waals surface area contributed by atoms with Crippen molar-refractivity contribution in [3.05, 3.63) is 105 Å². The van der Waals surface area contributed by atoms with E-state index in [1.165, 1.54) is 30.3 Å². The summed E-state index contributed by atoms with van der Waals surface area (Å²) in [5.41, 5.74) is 2.40. The van der Waals surface area contributed by atoms with Crippen LogP contribution in [-0.2, 0) is 11.2 Å². The van der Waals surface area contributed by atoms with Crippen molar-refractivity contribution in [1.82, 2.24) is 0 Å². The monoisotopic (exact) mass is 433 g/mol. The molecule has 152 valence electrons. The van der Waals surface area contributed by atoms with Gasteiger partial charge in [0.15, 0.2) is 0 Å². The summed E-state index contributed by atoms with van der Waals surface area (Å²) in [6, 6.07) is 15.0. The second-order valence-corrected chi connectivity index (χ2v) is 7.29. The third kappa shape index (κ3) is 4.55. The third-order valence-corrected chi connectivity index (χ3v) is 5.00. The van der Waals surface area contributed by atoms with E-state index in [1.807, 2.05) is 0 Å². The van der Waals surface area contributed by atoms with Gasteiger partial charge in [-0.3, -0.25) is 9.59 Å². The van der Waals surface area contributed by atoms with Gasteiger partial charge in [0.1, 0.15) is 11.6 Å². The van der Waals surface area contributed by atoms with Crippen LogP contribution >= 0.6 is 11.6 Å². The summed E-state index contributed by atoms with van der Waals surface area (Å²) in [7, 11) is 0. The van der Waals surface area contributed by atoms with Crippen molar-refractivity contribution in [3.63, 3.8) is 0 Å². The summed E-state index contributed by atoms with van der Waals surface area (Å²) in [6.45, 7) is 0. The van der Waals surface area contributed by atoms with Gasteiger partial charge < -0.3 is 5.32 Å². The number of benzene rings is 3. The number of halogens is 3. The highest BCUT2D eigenvalue weighted by atomic mass is 35.5. The first-order chi connectivity index (χ1) is 14.9.